The Morgan fingerprint density at radius 2 is 2.04 bits per heavy atom. The molecule has 2 atom stereocenters. The molecule has 0 aliphatic heterocycles. The first-order valence-corrected chi connectivity index (χ1v) is 8.80. The first-order chi connectivity index (χ1) is 11.5. The van der Waals surface area contributed by atoms with Gasteiger partial charge in [0, 0.05) is 22.2 Å². The van der Waals surface area contributed by atoms with Crippen LogP contribution in [-0.4, -0.2) is 24.5 Å². The Hall–Kier alpha value is -1.52. The van der Waals surface area contributed by atoms with E-state index in [1.807, 2.05) is 0 Å². The van der Waals surface area contributed by atoms with Crippen LogP contribution in [0.3, 0.4) is 0 Å². The van der Waals surface area contributed by atoms with Crippen molar-refractivity contribution in [2.75, 3.05) is 6.61 Å². The van der Waals surface area contributed by atoms with Crippen molar-refractivity contribution in [3.8, 4) is 0 Å². The Bertz CT molecular complexity index is 631. The van der Waals surface area contributed by atoms with E-state index in [0.29, 0.717) is 21.5 Å². The molecule has 1 aromatic rings. The van der Waals surface area contributed by atoms with E-state index in [-0.39, 0.29) is 18.6 Å². The Morgan fingerprint density at radius 1 is 1.29 bits per heavy atom. The van der Waals surface area contributed by atoms with Gasteiger partial charge >= 0.3 is 5.97 Å². The molecule has 1 saturated carbocycles. The molecule has 4 nitrogen and oxygen atoms in total. The molecular weight excluding hydrogens is 349 g/mol. The highest BCUT2D eigenvalue weighted by Gasteiger charge is 2.22. The number of ether oxygens (including phenoxy) is 1. The van der Waals surface area contributed by atoms with Crippen LogP contribution in [0.15, 0.2) is 24.3 Å². The summed E-state index contributed by atoms with van der Waals surface area (Å²) in [5.41, 5.74) is 0.651. The van der Waals surface area contributed by atoms with Crippen LogP contribution in [0.25, 0.3) is 6.08 Å². The third kappa shape index (κ3) is 5.84. The van der Waals surface area contributed by atoms with Gasteiger partial charge in [-0.15, -0.1) is 0 Å². The third-order valence-electron chi connectivity index (χ3n) is 4.16. The number of hydrogen-bond donors (Lipinski definition) is 1. The Balaban J connectivity index is 1.77. The van der Waals surface area contributed by atoms with E-state index in [2.05, 4.69) is 12.2 Å². The topological polar surface area (TPSA) is 55.4 Å². The molecule has 2 rings (SSSR count). The van der Waals surface area contributed by atoms with E-state index < -0.39 is 5.97 Å². The molecule has 1 fully saturated rings. The van der Waals surface area contributed by atoms with E-state index in [1.54, 1.807) is 18.2 Å². The summed E-state index contributed by atoms with van der Waals surface area (Å²) in [5, 5.41) is 3.90. The van der Waals surface area contributed by atoms with E-state index in [1.165, 1.54) is 18.6 Å². The fourth-order valence-electron chi connectivity index (χ4n) is 2.76. The van der Waals surface area contributed by atoms with Crippen molar-refractivity contribution in [2.45, 2.75) is 38.6 Å². The average Bonchev–Trinajstić information content (AvgIpc) is 2.54. The van der Waals surface area contributed by atoms with E-state index in [9.17, 15) is 9.59 Å². The summed E-state index contributed by atoms with van der Waals surface area (Å²) in [5.74, 6) is -0.391. The molecule has 24 heavy (non-hydrogen) atoms. The van der Waals surface area contributed by atoms with Crippen LogP contribution in [0.5, 0.6) is 0 Å². The summed E-state index contributed by atoms with van der Waals surface area (Å²) in [6, 6.07) is 5.14. The zero-order valence-corrected chi connectivity index (χ0v) is 15.1. The highest BCUT2D eigenvalue weighted by atomic mass is 35.5. The quantitative estimate of drug-likeness (QED) is 0.623. The van der Waals surface area contributed by atoms with Crippen LogP contribution >= 0.6 is 23.2 Å². The summed E-state index contributed by atoms with van der Waals surface area (Å²) < 4.78 is 4.96. The number of benzene rings is 1. The van der Waals surface area contributed by atoms with Crippen molar-refractivity contribution in [3.63, 3.8) is 0 Å². The summed E-state index contributed by atoms with van der Waals surface area (Å²) in [6.07, 6.45) is 7.21. The van der Waals surface area contributed by atoms with E-state index in [4.69, 9.17) is 27.9 Å². The zero-order chi connectivity index (χ0) is 17.5. The monoisotopic (exact) mass is 369 g/mol. The lowest BCUT2D eigenvalue weighted by Crippen LogP contribution is -2.42. The molecule has 0 spiro atoms. The lowest BCUT2D eigenvalue weighted by atomic mass is 9.86. The minimum Gasteiger partial charge on any atom is -0.452 e. The number of halogens is 2. The average molecular weight is 370 g/mol. The number of hydrogen-bond acceptors (Lipinski definition) is 3. The predicted octanol–water partition coefficient (Wildman–Crippen LogP) is 4.24. The highest BCUT2D eigenvalue weighted by Crippen LogP contribution is 2.24. The number of rotatable bonds is 5. The van der Waals surface area contributed by atoms with Gasteiger partial charge in [0.15, 0.2) is 6.61 Å². The molecule has 1 aliphatic rings. The lowest BCUT2D eigenvalue weighted by molar-refractivity contribution is -0.144. The largest absolute Gasteiger partial charge is 0.452 e. The van der Waals surface area contributed by atoms with E-state index in [0.717, 1.165) is 19.3 Å². The van der Waals surface area contributed by atoms with Crippen LogP contribution in [0.1, 0.15) is 38.2 Å². The van der Waals surface area contributed by atoms with Gasteiger partial charge in [0.05, 0.1) is 0 Å². The first-order valence-electron chi connectivity index (χ1n) is 8.05. The van der Waals surface area contributed by atoms with Crippen LogP contribution in [0.4, 0.5) is 0 Å². The second-order valence-corrected chi connectivity index (χ2v) is 6.89. The standard InChI is InChI=1S/C18H21Cl2NO3/c1-12-4-2-3-5-16(12)21-17(22)11-24-18(23)9-7-13-6-8-14(19)10-15(13)20/h6-10,12,16H,2-5,11H2,1H3,(H,21,22)/b9-7+/t12-,16-/m1/s1. The van der Waals surface area contributed by atoms with Gasteiger partial charge in [0.2, 0.25) is 0 Å². The van der Waals surface area contributed by atoms with Crippen molar-refractivity contribution >= 4 is 41.2 Å². The summed E-state index contributed by atoms with van der Waals surface area (Å²) in [7, 11) is 0. The number of amides is 1. The molecular formula is C18H21Cl2NO3. The SMILES string of the molecule is C[C@@H]1CCCC[C@H]1NC(=O)COC(=O)/C=C/c1ccc(Cl)cc1Cl. The van der Waals surface area contributed by atoms with Crippen LogP contribution in [0.2, 0.25) is 10.0 Å². The smallest absolute Gasteiger partial charge is 0.331 e. The molecule has 6 heteroatoms. The second-order valence-electron chi connectivity index (χ2n) is 6.04. The number of esters is 1. The van der Waals surface area contributed by atoms with Crippen LogP contribution in [0, 0.1) is 5.92 Å². The van der Waals surface area contributed by atoms with Crippen molar-refractivity contribution in [1.82, 2.24) is 5.32 Å². The first kappa shape index (κ1) is 18.8. The minimum atomic E-state index is -0.590. The normalized spacial score (nSPS) is 20.8. The Morgan fingerprint density at radius 3 is 2.75 bits per heavy atom. The molecule has 0 radical (unpaired) electrons. The molecule has 1 amide bonds. The van der Waals surface area contributed by atoms with Crippen molar-refractivity contribution in [3.05, 3.63) is 39.9 Å². The summed E-state index contributed by atoms with van der Waals surface area (Å²) in [4.78, 5) is 23.6. The molecule has 0 heterocycles. The Kier molecular flexibility index (Phi) is 7.13. The minimum absolute atomic E-state index is 0.174. The molecule has 1 aliphatic carbocycles. The van der Waals surface area contributed by atoms with Gasteiger partial charge in [-0.3, -0.25) is 4.79 Å². The molecule has 1 aromatic carbocycles. The van der Waals surface area contributed by atoms with Crippen molar-refractivity contribution in [1.29, 1.82) is 0 Å². The molecule has 0 unspecified atom stereocenters. The Labute approximate surface area is 152 Å². The lowest BCUT2D eigenvalue weighted by Gasteiger charge is -2.29. The van der Waals surface area contributed by atoms with Gasteiger partial charge in [0.1, 0.15) is 0 Å². The van der Waals surface area contributed by atoms with Crippen LogP contribution < -0.4 is 5.32 Å². The third-order valence-corrected chi connectivity index (χ3v) is 4.73. The maximum Gasteiger partial charge on any atom is 0.331 e. The van der Waals surface area contributed by atoms with Gasteiger partial charge in [-0.2, -0.15) is 0 Å². The molecule has 0 saturated heterocycles. The number of carbonyl (C=O) groups is 2. The zero-order valence-electron chi connectivity index (χ0n) is 13.6. The van der Waals surface area contributed by atoms with Gasteiger partial charge in [0.25, 0.3) is 5.91 Å². The summed E-state index contributed by atoms with van der Waals surface area (Å²) in [6.45, 7) is 1.86. The van der Waals surface area contributed by atoms with Crippen LogP contribution in [-0.2, 0) is 14.3 Å². The predicted molar refractivity (Wildman–Crippen MR) is 96.0 cm³/mol. The second kappa shape index (κ2) is 9.09. The molecule has 1 N–H and O–H groups in total. The maximum absolute atomic E-state index is 11.9. The fraction of sp³-hybridized carbons (Fsp3) is 0.444. The fourth-order valence-corrected chi connectivity index (χ4v) is 3.23. The van der Waals surface area contributed by atoms with Gasteiger partial charge in [-0.1, -0.05) is 49.0 Å². The van der Waals surface area contributed by atoms with Crippen molar-refractivity contribution in [2.24, 2.45) is 5.92 Å². The van der Waals surface area contributed by atoms with Crippen molar-refractivity contribution < 1.29 is 14.3 Å². The van der Waals surface area contributed by atoms with Gasteiger partial charge < -0.3 is 10.1 Å². The van der Waals surface area contributed by atoms with Gasteiger partial charge in [-0.25, -0.2) is 4.79 Å². The number of carbonyl (C=O) groups excluding carboxylic acids is 2. The molecule has 0 aromatic heterocycles. The highest BCUT2D eigenvalue weighted by molar-refractivity contribution is 6.35. The van der Waals surface area contributed by atoms with E-state index >= 15 is 0 Å². The maximum atomic E-state index is 11.9. The number of nitrogens with one attached hydrogen (secondary N) is 1. The molecule has 0 bridgehead atoms. The molecule has 130 valence electrons. The summed E-state index contributed by atoms with van der Waals surface area (Å²) >= 11 is 11.8. The van der Waals surface area contributed by atoms with Gasteiger partial charge in [-0.05, 0) is 42.5 Å².